The number of rotatable bonds is 7. The van der Waals surface area contributed by atoms with Crippen LogP contribution in [0.25, 0.3) is 0 Å². The number of aromatic nitrogens is 2. The zero-order chi connectivity index (χ0) is 18.5. The summed E-state index contributed by atoms with van der Waals surface area (Å²) in [6, 6.07) is 5.88. The lowest BCUT2D eigenvalue weighted by atomic mass is 10.2. The van der Waals surface area contributed by atoms with E-state index < -0.39 is 22.0 Å². The Morgan fingerprint density at radius 1 is 1.20 bits per heavy atom. The van der Waals surface area contributed by atoms with Gasteiger partial charge in [0.05, 0.1) is 18.8 Å². The first kappa shape index (κ1) is 19.0. The Morgan fingerprint density at radius 2 is 1.88 bits per heavy atom. The summed E-state index contributed by atoms with van der Waals surface area (Å²) in [7, 11) is -4.67. The van der Waals surface area contributed by atoms with Crippen LogP contribution in [-0.2, 0) is 16.6 Å². The highest BCUT2D eigenvalue weighted by Crippen LogP contribution is 2.28. The van der Waals surface area contributed by atoms with Crippen LogP contribution in [-0.4, -0.2) is 36.9 Å². The van der Waals surface area contributed by atoms with Crippen molar-refractivity contribution in [1.29, 1.82) is 0 Å². The predicted octanol–water partition coefficient (Wildman–Crippen LogP) is 2.77. The van der Waals surface area contributed by atoms with Crippen LogP contribution in [0.3, 0.4) is 0 Å². The molecule has 6 nitrogen and oxygen atoms in total. The molecule has 0 N–H and O–H groups in total. The van der Waals surface area contributed by atoms with E-state index in [0.29, 0.717) is 22.2 Å². The van der Waals surface area contributed by atoms with Crippen molar-refractivity contribution < 1.29 is 26.3 Å². The summed E-state index contributed by atoms with van der Waals surface area (Å²) in [5.41, 5.74) is 0.425. The number of alkyl halides is 3. The summed E-state index contributed by atoms with van der Waals surface area (Å²) in [6.07, 6.45) is -0.930. The number of hydrogen-bond acceptors (Lipinski definition) is 5. The third kappa shape index (κ3) is 5.59. The quantitative estimate of drug-likeness (QED) is 0.744. The molecule has 0 bridgehead atoms. The van der Waals surface area contributed by atoms with Gasteiger partial charge in [0.2, 0.25) is 10.0 Å². The highest BCUT2D eigenvalue weighted by molar-refractivity contribution is 7.92. The van der Waals surface area contributed by atoms with Gasteiger partial charge >= 0.3 is 6.18 Å². The van der Waals surface area contributed by atoms with Gasteiger partial charge in [0.25, 0.3) is 0 Å². The molecule has 0 saturated heterocycles. The monoisotopic (exact) mass is 375 g/mol. The second-order valence-electron chi connectivity index (χ2n) is 5.06. The lowest BCUT2D eigenvalue weighted by molar-refractivity contribution is -0.106. The molecular weight excluding hydrogens is 359 g/mol. The van der Waals surface area contributed by atoms with Gasteiger partial charge in [-0.1, -0.05) is 6.07 Å². The largest absolute Gasteiger partial charge is 0.494 e. The summed E-state index contributed by atoms with van der Waals surface area (Å²) in [5, 5.41) is 0. The van der Waals surface area contributed by atoms with Crippen LogP contribution in [0.15, 0.2) is 43.0 Å². The third-order valence-electron chi connectivity index (χ3n) is 3.04. The van der Waals surface area contributed by atoms with Crippen molar-refractivity contribution in [1.82, 2.24) is 9.97 Å². The number of anilines is 1. The number of nitrogens with zero attached hydrogens (tertiary/aromatic N) is 3. The maximum absolute atomic E-state index is 12.7. The molecule has 1 heterocycles. The van der Waals surface area contributed by atoms with Crippen LogP contribution in [0, 0.1) is 0 Å². The molecule has 2 aromatic rings. The molecule has 0 aliphatic heterocycles. The maximum atomic E-state index is 12.7. The fourth-order valence-electron chi connectivity index (χ4n) is 2.11. The van der Waals surface area contributed by atoms with Crippen molar-refractivity contribution in [3.63, 3.8) is 0 Å². The Balaban J connectivity index is 2.43. The molecule has 0 radical (unpaired) electrons. The van der Waals surface area contributed by atoms with Gasteiger partial charge in [-0.15, -0.1) is 0 Å². The highest BCUT2D eigenvalue weighted by Gasteiger charge is 2.38. The van der Waals surface area contributed by atoms with Gasteiger partial charge in [0.15, 0.2) is 5.75 Å². The fraction of sp³-hybridized carbons (Fsp3) is 0.333. The van der Waals surface area contributed by atoms with E-state index in [0.717, 1.165) is 0 Å². The van der Waals surface area contributed by atoms with E-state index in [1.54, 1.807) is 13.0 Å². The summed E-state index contributed by atoms with van der Waals surface area (Å²) < 4.78 is 68.8. The van der Waals surface area contributed by atoms with Crippen molar-refractivity contribution in [2.75, 3.05) is 16.7 Å². The molecule has 25 heavy (non-hydrogen) atoms. The van der Waals surface area contributed by atoms with E-state index in [2.05, 4.69) is 9.97 Å². The van der Waals surface area contributed by atoms with Gasteiger partial charge in [0, 0.05) is 24.0 Å². The Kier molecular flexibility index (Phi) is 5.83. The molecule has 1 aromatic heterocycles. The van der Waals surface area contributed by atoms with Crippen molar-refractivity contribution >= 4 is 15.7 Å². The average molecular weight is 375 g/mol. The van der Waals surface area contributed by atoms with Crippen LogP contribution < -0.4 is 9.04 Å². The highest BCUT2D eigenvalue weighted by atomic mass is 32.2. The first-order chi connectivity index (χ1) is 11.7. The minimum absolute atomic E-state index is 0.0686. The topological polar surface area (TPSA) is 72.4 Å². The van der Waals surface area contributed by atoms with Crippen LogP contribution in [0.1, 0.15) is 12.5 Å². The van der Waals surface area contributed by atoms with Gasteiger partial charge < -0.3 is 4.74 Å². The van der Waals surface area contributed by atoms with Gasteiger partial charge in [0.1, 0.15) is 12.1 Å². The van der Waals surface area contributed by atoms with Crippen LogP contribution >= 0.6 is 0 Å². The van der Waals surface area contributed by atoms with Crippen LogP contribution in [0.5, 0.6) is 5.75 Å². The molecule has 0 aliphatic carbocycles. The molecule has 0 amide bonds. The third-order valence-corrected chi connectivity index (χ3v) is 4.74. The average Bonchev–Trinajstić information content (AvgIpc) is 2.52. The second kappa shape index (κ2) is 7.68. The number of ether oxygens (including phenoxy) is 1. The van der Waals surface area contributed by atoms with E-state index in [1.165, 1.54) is 36.9 Å². The molecule has 0 spiro atoms. The molecular formula is C15H16F3N3O3S. The number of hydrogen-bond donors (Lipinski definition) is 0. The summed E-state index contributed by atoms with van der Waals surface area (Å²) in [5.74, 6) is -1.61. The molecule has 2 rings (SSSR count). The Bertz CT molecular complexity index is 798. The minimum Gasteiger partial charge on any atom is -0.494 e. The molecule has 0 unspecified atom stereocenters. The standard InChI is InChI=1S/C15H16F3N3O3S/c1-2-24-14-5-3-4-13(6-14)21(9-12-7-19-11-20-8-12)25(22,23)10-15(16,17)18/h3-8,11H,2,9-10H2,1H3. The first-order valence-electron chi connectivity index (χ1n) is 7.25. The fourth-order valence-corrected chi connectivity index (χ4v) is 3.46. The second-order valence-corrected chi connectivity index (χ2v) is 6.95. The SMILES string of the molecule is CCOc1cccc(N(Cc2cncnc2)S(=O)(=O)CC(F)(F)F)c1. The van der Waals surface area contributed by atoms with E-state index in [4.69, 9.17) is 4.74 Å². The molecule has 1 aromatic carbocycles. The lowest BCUT2D eigenvalue weighted by Gasteiger charge is -2.25. The van der Waals surface area contributed by atoms with Gasteiger partial charge in [-0.25, -0.2) is 18.4 Å². The van der Waals surface area contributed by atoms with E-state index in [1.807, 2.05) is 0 Å². The Labute approximate surface area is 143 Å². The van der Waals surface area contributed by atoms with Gasteiger partial charge in [-0.05, 0) is 19.1 Å². The molecule has 0 fully saturated rings. The van der Waals surface area contributed by atoms with Gasteiger partial charge in [-0.3, -0.25) is 4.31 Å². The number of halogens is 3. The number of sulfonamides is 1. The zero-order valence-corrected chi connectivity index (χ0v) is 14.1. The van der Waals surface area contributed by atoms with Crippen molar-refractivity contribution in [2.45, 2.75) is 19.6 Å². The Hall–Kier alpha value is -2.36. The van der Waals surface area contributed by atoms with E-state index >= 15 is 0 Å². The lowest BCUT2D eigenvalue weighted by Crippen LogP contribution is -2.37. The van der Waals surface area contributed by atoms with Gasteiger partial charge in [-0.2, -0.15) is 13.2 Å². The zero-order valence-electron chi connectivity index (χ0n) is 13.3. The van der Waals surface area contributed by atoms with E-state index in [-0.39, 0.29) is 12.2 Å². The number of benzene rings is 1. The van der Waals surface area contributed by atoms with Crippen LogP contribution in [0.2, 0.25) is 0 Å². The summed E-state index contributed by atoms with van der Waals surface area (Å²) in [6.45, 7) is 1.76. The minimum atomic E-state index is -4.86. The molecule has 0 aliphatic rings. The maximum Gasteiger partial charge on any atom is 0.404 e. The summed E-state index contributed by atoms with van der Waals surface area (Å²) in [4.78, 5) is 7.51. The normalized spacial score (nSPS) is 12.0. The molecule has 10 heteroatoms. The smallest absolute Gasteiger partial charge is 0.404 e. The summed E-state index contributed by atoms with van der Waals surface area (Å²) >= 11 is 0. The predicted molar refractivity (Wildman–Crippen MR) is 85.7 cm³/mol. The van der Waals surface area contributed by atoms with Crippen molar-refractivity contribution in [3.05, 3.63) is 48.5 Å². The first-order valence-corrected chi connectivity index (χ1v) is 8.86. The van der Waals surface area contributed by atoms with Crippen molar-refractivity contribution in [2.24, 2.45) is 0 Å². The molecule has 136 valence electrons. The molecule has 0 atom stereocenters. The van der Waals surface area contributed by atoms with E-state index in [9.17, 15) is 21.6 Å². The van der Waals surface area contributed by atoms with Crippen molar-refractivity contribution in [3.8, 4) is 5.75 Å². The van der Waals surface area contributed by atoms with Crippen LogP contribution in [0.4, 0.5) is 18.9 Å². The molecule has 0 saturated carbocycles. The Morgan fingerprint density at radius 3 is 2.48 bits per heavy atom.